The number of nitrogens with zero attached hydrogens (tertiary/aromatic N) is 1. The second kappa shape index (κ2) is 6.14. The van der Waals surface area contributed by atoms with Gasteiger partial charge in [-0.1, -0.05) is 23.7 Å². The van der Waals surface area contributed by atoms with Crippen LogP contribution in [0.1, 0.15) is 45.1 Å². The lowest BCUT2D eigenvalue weighted by molar-refractivity contribution is 0.0204. The Morgan fingerprint density at radius 3 is 2.52 bits per heavy atom. The van der Waals surface area contributed by atoms with Gasteiger partial charge in [0.15, 0.2) is 0 Å². The number of carbonyl (C=O) groups excluding carboxylic acids is 1. The highest BCUT2D eigenvalue weighted by Gasteiger charge is 2.28. The van der Waals surface area contributed by atoms with E-state index in [4.69, 9.17) is 16.3 Å². The minimum absolute atomic E-state index is 0.162. The Bertz CT molecular complexity index is 517. The number of benzene rings is 1. The number of likely N-dealkylation sites (tertiary alicyclic amines) is 1. The van der Waals surface area contributed by atoms with Crippen molar-refractivity contribution in [1.29, 1.82) is 0 Å². The first-order chi connectivity index (χ1) is 9.78. The van der Waals surface area contributed by atoms with E-state index >= 15 is 0 Å². The summed E-state index contributed by atoms with van der Waals surface area (Å²) in [6.45, 7) is 6.85. The fraction of sp³-hybridized carbons (Fsp3) is 0.562. The number of hydrogen-bond donors (Lipinski definition) is 1. The van der Waals surface area contributed by atoms with Gasteiger partial charge in [-0.15, -0.1) is 0 Å². The second-order valence-electron chi connectivity index (χ2n) is 6.42. The number of phenols is 1. The predicted molar refractivity (Wildman–Crippen MR) is 82.9 cm³/mol. The number of piperidine rings is 1. The van der Waals surface area contributed by atoms with Crippen LogP contribution < -0.4 is 0 Å². The minimum atomic E-state index is -0.473. The van der Waals surface area contributed by atoms with Crippen LogP contribution in [-0.2, 0) is 4.74 Å². The Hall–Kier alpha value is -1.42. The quantitative estimate of drug-likeness (QED) is 0.847. The van der Waals surface area contributed by atoms with E-state index in [1.807, 2.05) is 32.9 Å². The zero-order valence-corrected chi connectivity index (χ0v) is 13.5. The molecule has 116 valence electrons. The van der Waals surface area contributed by atoms with Crippen molar-refractivity contribution in [3.05, 3.63) is 28.8 Å². The van der Waals surface area contributed by atoms with Gasteiger partial charge in [-0.3, -0.25) is 0 Å². The van der Waals surface area contributed by atoms with Gasteiger partial charge in [0.25, 0.3) is 0 Å². The van der Waals surface area contributed by atoms with E-state index in [2.05, 4.69) is 0 Å². The second-order valence-corrected chi connectivity index (χ2v) is 6.83. The smallest absolute Gasteiger partial charge is 0.410 e. The van der Waals surface area contributed by atoms with Crippen molar-refractivity contribution in [2.24, 2.45) is 0 Å². The van der Waals surface area contributed by atoms with Crippen molar-refractivity contribution in [2.45, 2.75) is 45.1 Å². The number of hydrogen-bond acceptors (Lipinski definition) is 3. The zero-order valence-electron chi connectivity index (χ0n) is 12.7. The molecule has 0 unspecified atom stereocenters. The van der Waals surface area contributed by atoms with E-state index in [0.717, 1.165) is 18.4 Å². The van der Waals surface area contributed by atoms with Gasteiger partial charge >= 0.3 is 6.09 Å². The zero-order chi connectivity index (χ0) is 15.6. The molecule has 0 aliphatic carbocycles. The molecule has 1 aliphatic rings. The van der Waals surface area contributed by atoms with Gasteiger partial charge < -0.3 is 14.7 Å². The maximum absolute atomic E-state index is 12.0. The molecular weight excluding hydrogens is 290 g/mol. The molecule has 0 spiro atoms. The molecule has 1 fully saturated rings. The summed E-state index contributed by atoms with van der Waals surface area (Å²) in [6, 6.07) is 5.42. The number of para-hydroxylation sites is 1. The molecule has 1 amide bonds. The molecule has 0 radical (unpaired) electrons. The van der Waals surface area contributed by atoms with E-state index in [-0.39, 0.29) is 17.8 Å². The molecule has 1 heterocycles. The highest BCUT2D eigenvalue weighted by Crippen LogP contribution is 2.37. The fourth-order valence-electron chi connectivity index (χ4n) is 2.56. The number of ether oxygens (including phenoxy) is 1. The molecular formula is C16H22ClNO3. The monoisotopic (exact) mass is 311 g/mol. The molecule has 1 aromatic carbocycles. The summed E-state index contributed by atoms with van der Waals surface area (Å²) < 4.78 is 5.38. The fourth-order valence-corrected chi connectivity index (χ4v) is 2.74. The Labute approximate surface area is 130 Å². The molecule has 4 nitrogen and oxygen atoms in total. The van der Waals surface area contributed by atoms with Gasteiger partial charge in [-0.2, -0.15) is 0 Å². The number of carbonyl (C=O) groups is 1. The molecule has 0 saturated carbocycles. The molecule has 1 N–H and O–H groups in total. The van der Waals surface area contributed by atoms with E-state index in [1.54, 1.807) is 11.0 Å². The van der Waals surface area contributed by atoms with Crippen LogP contribution in [0, 0.1) is 0 Å². The van der Waals surface area contributed by atoms with Crippen LogP contribution in [0.25, 0.3) is 0 Å². The molecule has 0 bridgehead atoms. The van der Waals surface area contributed by atoms with E-state index in [0.29, 0.717) is 18.1 Å². The largest absolute Gasteiger partial charge is 0.506 e. The van der Waals surface area contributed by atoms with Crippen molar-refractivity contribution >= 4 is 17.7 Å². The topological polar surface area (TPSA) is 49.8 Å². The average molecular weight is 312 g/mol. The number of halogens is 1. The first-order valence-electron chi connectivity index (χ1n) is 7.23. The summed E-state index contributed by atoms with van der Waals surface area (Å²) in [7, 11) is 0. The van der Waals surface area contributed by atoms with E-state index in [9.17, 15) is 9.90 Å². The summed E-state index contributed by atoms with van der Waals surface area (Å²) in [5, 5.41) is 10.4. The van der Waals surface area contributed by atoms with Crippen molar-refractivity contribution in [1.82, 2.24) is 4.90 Å². The molecule has 21 heavy (non-hydrogen) atoms. The maximum atomic E-state index is 12.0. The SMILES string of the molecule is CC(C)(C)OC(=O)N1CCC(c2cccc(Cl)c2O)CC1. The summed E-state index contributed by atoms with van der Waals surface area (Å²) >= 11 is 5.95. The Morgan fingerprint density at radius 2 is 1.95 bits per heavy atom. The van der Waals surface area contributed by atoms with Gasteiger partial charge in [0.2, 0.25) is 0 Å². The van der Waals surface area contributed by atoms with Gasteiger partial charge in [0.1, 0.15) is 11.4 Å². The van der Waals surface area contributed by atoms with Crippen LogP contribution in [0.3, 0.4) is 0 Å². The van der Waals surface area contributed by atoms with Gasteiger partial charge in [0.05, 0.1) is 5.02 Å². The normalized spacial score (nSPS) is 16.9. The van der Waals surface area contributed by atoms with Crippen molar-refractivity contribution in [2.75, 3.05) is 13.1 Å². The first-order valence-corrected chi connectivity index (χ1v) is 7.61. The van der Waals surface area contributed by atoms with Crippen molar-refractivity contribution in [3.63, 3.8) is 0 Å². The van der Waals surface area contributed by atoms with Gasteiger partial charge in [-0.05, 0) is 51.2 Å². The number of aromatic hydroxyl groups is 1. The van der Waals surface area contributed by atoms with Crippen molar-refractivity contribution in [3.8, 4) is 5.75 Å². The predicted octanol–water partition coefficient (Wildman–Crippen LogP) is 4.16. The number of amides is 1. The van der Waals surface area contributed by atoms with E-state index in [1.165, 1.54) is 0 Å². The van der Waals surface area contributed by atoms with Crippen LogP contribution in [-0.4, -0.2) is 34.8 Å². The van der Waals surface area contributed by atoms with Crippen LogP contribution in [0.4, 0.5) is 4.79 Å². The summed E-state index contributed by atoms with van der Waals surface area (Å²) in [5.41, 5.74) is 0.394. The van der Waals surface area contributed by atoms with Crippen LogP contribution in [0.15, 0.2) is 18.2 Å². The standard InChI is InChI=1S/C16H22ClNO3/c1-16(2,3)21-15(20)18-9-7-11(8-10-18)12-5-4-6-13(17)14(12)19/h4-6,11,19H,7-10H2,1-3H3. The lowest BCUT2D eigenvalue weighted by atomic mass is 9.89. The number of phenolic OH excluding ortho intramolecular Hbond substituents is 1. The minimum Gasteiger partial charge on any atom is -0.506 e. The van der Waals surface area contributed by atoms with Crippen LogP contribution in [0.2, 0.25) is 5.02 Å². The Morgan fingerprint density at radius 1 is 1.33 bits per heavy atom. The third-order valence-electron chi connectivity index (χ3n) is 3.60. The molecule has 0 aromatic heterocycles. The van der Waals surface area contributed by atoms with Gasteiger partial charge in [0, 0.05) is 13.1 Å². The molecule has 1 aromatic rings. The van der Waals surface area contributed by atoms with Crippen LogP contribution in [0.5, 0.6) is 5.75 Å². The highest BCUT2D eigenvalue weighted by atomic mass is 35.5. The molecule has 2 rings (SSSR count). The number of rotatable bonds is 1. The third kappa shape index (κ3) is 4.03. The third-order valence-corrected chi connectivity index (χ3v) is 3.91. The average Bonchev–Trinajstić information content (AvgIpc) is 2.40. The van der Waals surface area contributed by atoms with Crippen molar-refractivity contribution < 1.29 is 14.6 Å². The highest BCUT2D eigenvalue weighted by molar-refractivity contribution is 6.32. The van der Waals surface area contributed by atoms with E-state index < -0.39 is 5.60 Å². The lowest BCUT2D eigenvalue weighted by Gasteiger charge is -2.33. The summed E-state index contributed by atoms with van der Waals surface area (Å²) in [4.78, 5) is 13.7. The van der Waals surface area contributed by atoms with Crippen LogP contribution >= 0.6 is 11.6 Å². The maximum Gasteiger partial charge on any atom is 0.410 e. The summed E-state index contributed by atoms with van der Waals surface area (Å²) in [5.74, 6) is 0.386. The molecule has 5 heteroatoms. The van der Waals surface area contributed by atoms with Gasteiger partial charge in [-0.25, -0.2) is 4.79 Å². The summed E-state index contributed by atoms with van der Waals surface area (Å²) in [6.07, 6.45) is 1.33. The lowest BCUT2D eigenvalue weighted by Crippen LogP contribution is -2.41. The molecule has 0 atom stereocenters. The molecule has 1 aliphatic heterocycles. The Balaban J connectivity index is 1.97. The first kappa shape index (κ1) is 16.0. The molecule has 1 saturated heterocycles. The Kier molecular flexibility index (Phi) is 4.67.